The Morgan fingerprint density at radius 1 is 1.07 bits per heavy atom. The van der Waals surface area contributed by atoms with E-state index in [2.05, 4.69) is 39.5 Å². The Hall–Kier alpha value is -2.47. The Bertz CT molecular complexity index is 959. The summed E-state index contributed by atoms with van der Waals surface area (Å²) in [7, 11) is 0. The monoisotopic (exact) mass is 380 g/mol. The lowest BCUT2D eigenvalue weighted by molar-refractivity contribution is -0.134. The van der Waals surface area contributed by atoms with Gasteiger partial charge in [0.25, 0.3) is 0 Å². The maximum Gasteiger partial charge on any atom is 0.225 e. The number of hydrogen-bond donors (Lipinski definition) is 0. The molecule has 27 heavy (non-hydrogen) atoms. The smallest absolute Gasteiger partial charge is 0.225 e. The van der Waals surface area contributed by atoms with Crippen LogP contribution in [0, 0.1) is 12.8 Å². The molecule has 2 aromatic heterocycles. The van der Waals surface area contributed by atoms with E-state index in [0.29, 0.717) is 0 Å². The molecule has 140 valence electrons. The van der Waals surface area contributed by atoms with Crippen molar-refractivity contribution in [1.29, 1.82) is 0 Å². The van der Waals surface area contributed by atoms with Crippen molar-refractivity contribution >= 4 is 33.3 Å². The van der Waals surface area contributed by atoms with Gasteiger partial charge in [-0.1, -0.05) is 44.2 Å². The molecule has 1 aliphatic heterocycles. The summed E-state index contributed by atoms with van der Waals surface area (Å²) in [4.78, 5) is 27.1. The highest BCUT2D eigenvalue weighted by molar-refractivity contribution is 7.17. The predicted molar refractivity (Wildman–Crippen MR) is 111 cm³/mol. The van der Waals surface area contributed by atoms with Crippen LogP contribution in [0.3, 0.4) is 0 Å². The number of hydrogen-bond acceptors (Lipinski definition) is 5. The fourth-order valence-electron chi connectivity index (χ4n) is 3.59. The third-order valence-corrected chi connectivity index (χ3v) is 5.87. The molecule has 3 heterocycles. The maximum atomic E-state index is 12.3. The predicted octanol–water partition coefficient (Wildman–Crippen LogP) is 3.97. The maximum absolute atomic E-state index is 12.3. The van der Waals surface area contributed by atoms with Crippen LogP contribution in [-0.2, 0) is 4.79 Å². The third-order valence-electron chi connectivity index (χ3n) is 5.00. The lowest BCUT2D eigenvalue weighted by Crippen LogP contribution is -2.50. The van der Waals surface area contributed by atoms with Gasteiger partial charge in [0, 0.05) is 43.0 Å². The Labute approximate surface area is 163 Å². The Kier molecular flexibility index (Phi) is 4.83. The van der Waals surface area contributed by atoms with Crippen molar-refractivity contribution in [3.8, 4) is 11.1 Å². The molecule has 0 radical (unpaired) electrons. The summed E-state index contributed by atoms with van der Waals surface area (Å²) in [6.07, 6.45) is 0. The van der Waals surface area contributed by atoms with E-state index in [4.69, 9.17) is 4.98 Å². The molecule has 0 saturated carbocycles. The van der Waals surface area contributed by atoms with E-state index in [0.717, 1.165) is 48.0 Å². The van der Waals surface area contributed by atoms with E-state index >= 15 is 0 Å². The van der Waals surface area contributed by atoms with E-state index in [1.165, 1.54) is 11.1 Å². The summed E-state index contributed by atoms with van der Waals surface area (Å²) in [5.74, 6) is 2.07. The van der Waals surface area contributed by atoms with Crippen molar-refractivity contribution in [2.45, 2.75) is 20.8 Å². The first-order chi connectivity index (χ1) is 13.0. The van der Waals surface area contributed by atoms with Gasteiger partial charge in [0.15, 0.2) is 0 Å². The summed E-state index contributed by atoms with van der Waals surface area (Å²) < 4.78 is 0. The zero-order chi connectivity index (χ0) is 19.0. The van der Waals surface area contributed by atoms with E-state index in [1.807, 2.05) is 31.7 Å². The molecule has 1 aliphatic rings. The van der Waals surface area contributed by atoms with E-state index in [-0.39, 0.29) is 11.8 Å². The topological polar surface area (TPSA) is 49.3 Å². The molecule has 0 spiro atoms. The van der Waals surface area contributed by atoms with Crippen LogP contribution in [0.4, 0.5) is 5.82 Å². The minimum atomic E-state index is 0.0473. The van der Waals surface area contributed by atoms with Crippen molar-refractivity contribution in [3.05, 3.63) is 41.5 Å². The number of carbonyl (C=O) groups is 1. The molecular weight excluding hydrogens is 356 g/mol. The van der Waals surface area contributed by atoms with Gasteiger partial charge in [-0.2, -0.15) is 0 Å². The normalized spacial score (nSPS) is 15.0. The van der Waals surface area contributed by atoms with Crippen LogP contribution in [0.5, 0.6) is 0 Å². The van der Waals surface area contributed by atoms with E-state index in [1.54, 1.807) is 11.3 Å². The van der Waals surface area contributed by atoms with Crippen molar-refractivity contribution in [3.63, 3.8) is 0 Å². The number of carbonyl (C=O) groups excluding carboxylic acids is 1. The quantitative estimate of drug-likeness (QED) is 0.690. The number of aromatic nitrogens is 2. The molecule has 4 rings (SSSR count). The lowest BCUT2D eigenvalue weighted by atomic mass is 10.1. The average molecular weight is 381 g/mol. The second-order valence-electron chi connectivity index (χ2n) is 7.26. The number of fused-ring (bicyclic) bond motifs is 1. The van der Waals surface area contributed by atoms with Gasteiger partial charge >= 0.3 is 0 Å². The van der Waals surface area contributed by atoms with Crippen LogP contribution < -0.4 is 4.90 Å². The third kappa shape index (κ3) is 3.41. The SMILES string of the molecule is Cc1nc(N2CCN(C(=O)C(C)C)CC2)c2c(-c3ccccc3)csc2n1. The lowest BCUT2D eigenvalue weighted by Gasteiger charge is -2.36. The molecule has 6 heteroatoms. The van der Waals surface area contributed by atoms with Crippen molar-refractivity contribution in [2.24, 2.45) is 5.92 Å². The van der Waals surface area contributed by atoms with Crippen molar-refractivity contribution in [2.75, 3.05) is 31.1 Å². The van der Waals surface area contributed by atoms with E-state index < -0.39 is 0 Å². The standard InChI is InChI=1S/C21H24N4OS/c1-14(2)21(26)25-11-9-24(10-12-25)19-18-17(16-7-5-4-6-8-16)13-27-20(18)23-15(3)22-19/h4-8,13-14H,9-12H2,1-3H3. The number of amides is 1. The van der Waals surface area contributed by atoms with Crippen LogP contribution in [0.1, 0.15) is 19.7 Å². The number of anilines is 1. The highest BCUT2D eigenvalue weighted by atomic mass is 32.1. The molecule has 0 atom stereocenters. The Balaban J connectivity index is 1.70. The van der Waals surface area contributed by atoms with E-state index in [9.17, 15) is 4.79 Å². The second kappa shape index (κ2) is 7.27. The highest BCUT2D eigenvalue weighted by Gasteiger charge is 2.26. The largest absolute Gasteiger partial charge is 0.352 e. The number of benzene rings is 1. The van der Waals surface area contributed by atoms with Gasteiger partial charge in [-0.25, -0.2) is 9.97 Å². The molecular formula is C21H24N4OS. The molecule has 1 fully saturated rings. The van der Waals surface area contributed by atoms with Crippen LogP contribution in [0.15, 0.2) is 35.7 Å². The van der Waals surface area contributed by atoms with Crippen LogP contribution >= 0.6 is 11.3 Å². The molecule has 0 N–H and O–H groups in total. The van der Waals surface area contributed by atoms with Gasteiger partial charge in [-0.05, 0) is 12.5 Å². The van der Waals surface area contributed by atoms with Gasteiger partial charge in [0.2, 0.25) is 5.91 Å². The highest BCUT2D eigenvalue weighted by Crippen LogP contribution is 2.38. The van der Waals surface area contributed by atoms with Crippen LogP contribution in [0.2, 0.25) is 0 Å². The zero-order valence-electron chi connectivity index (χ0n) is 16.0. The number of piperazine rings is 1. The number of nitrogens with zero attached hydrogens (tertiary/aromatic N) is 4. The molecule has 0 unspecified atom stereocenters. The molecule has 5 nitrogen and oxygen atoms in total. The summed E-state index contributed by atoms with van der Waals surface area (Å²) in [5, 5.41) is 3.30. The molecule has 1 amide bonds. The fourth-order valence-corrected chi connectivity index (χ4v) is 4.58. The van der Waals surface area contributed by atoms with Gasteiger partial charge in [-0.3, -0.25) is 4.79 Å². The molecule has 1 saturated heterocycles. The van der Waals surface area contributed by atoms with Gasteiger partial charge in [0.05, 0.1) is 5.39 Å². The number of rotatable bonds is 3. The Morgan fingerprint density at radius 3 is 2.44 bits per heavy atom. The molecule has 1 aromatic carbocycles. The summed E-state index contributed by atoms with van der Waals surface area (Å²) >= 11 is 1.67. The first-order valence-electron chi connectivity index (χ1n) is 9.39. The fraction of sp³-hybridized carbons (Fsp3) is 0.381. The summed E-state index contributed by atoms with van der Waals surface area (Å²) in [6, 6.07) is 10.4. The van der Waals surface area contributed by atoms with Gasteiger partial charge in [-0.15, -0.1) is 11.3 Å². The minimum absolute atomic E-state index is 0.0473. The minimum Gasteiger partial charge on any atom is -0.352 e. The Morgan fingerprint density at radius 2 is 1.78 bits per heavy atom. The molecule has 0 aliphatic carbocycles. The first-order valence-corrected chi connectivity index (χ1v) is 10.3. The van der Waals surface area contributed by atoms with Crippen molar-refractivity contribution < 1.29 is 4.79 Å². The van der Waals surface area contributed by atoms with Gasteiger partial charge < -0.3 is 9.80 Å². The summed E-state index contributed by atoms with van der Waals surface area (Å²) in [6.45, 7) is 8.96. The number of thiophene rings is 1. The zero-order valence-corrected chi connectivity index (χ0v) is 16.8. The number of aryl methyl sites for hydroxylation is 1. The average Bonchev–Trinajstić information content (AvgIpc) is 3.11. The van der Waals surface area contributed by atoms with Gasteiger partial charge in [0.1, 0.15) is 16.5 Å². The summed E-state index contributed by atoms with van der Waals surface area (Å²) in [5.41, 5.74) is 2.37. The second-order valence-corrected chi connectivity index (χ2v) is 8.12. The van der Waals surface area contributed by atoms with Crippen LogP contribution in [-0.4, -0.2) is 47.0 Å². The molecule has 3 aromatic rings. The molecule has 0 bridgehead atoms. The first kappa shape index (κ1) is 17.9. The van der Waals surface area contributed by atoms with Crippen LogP contribution in [0.25, 0.3) is 21.3 Å². The van der Waals surface area contributed by atoms with Crippen molar-refractivity contribution in [1.82, 2.24) is 14.9 Å².